The lowest BCUT2D eigenvalue weighted by atomic mass is 9.81. The summed E-state index contributed by atoms with van der Waals surface area (Å²) in [5.41, 5.74) is 16.3. The van der Waals surface area contributed by atoms with Crippen molar-refractivity contribution in [2.75, 3.05) is 0 Å². The van der Waals surface area contributed by atoms with E-state index in [9.17, 15) is 0 Å². The smallest absolute Gasteiger partial charge is 0.131 e. The van der Waals surface area contributed by atoms with Gasteiger partial charge in [-0.25, -0.2) is 9.98 Å². The molecule has 2 aliphatic rings. The predicted octanol–water partition coefficient (Wildman–Crippen LogP) is 14.2. The van der Waals surface area contributed by atoms with Crippen LogP contribution in [-0.4, -0.2) is 10.8 Å². The summed E-state index contributed by atoms with van der Waals surface area (Å²) in [5.74, 6) is 0.848. The molecule has 0 bridgehead atoms. The van der Waals surface area contributed by atoms with E-state index in [1.165, 1.54) is 44.0 Å². The summed E-state index contributed by atoms with van der Waals surface area (Å²) in [6.45, 7) is 4.71. The van der Waals surface area contributed by atoms with E-state index in [0.717, 1.165) is 66.8 Å². The third-order valence-electron chi connectivity index (χ3n) is 13.3. The molecule has 9 aromatic carbocycles. The van der Waals surface area contributed by atoms with Gasteiger partial charge in [0.05, 0.1) is 11.2 Å². The number of rotatable bonds is 6. The number of amidine groups is 1. The Hall–Kier alpha value is -7.66. The Labute approximate surface area is 367 Å². The Morgan fingerprint density at radius 3 is 1.81 bits per heavy atom. The number of hydrogen-bond acceptors (Lipinski definition) is 4. The molecule has 4 nitrogen and oxygen atoms in total. The van der Waals surface area contributed by atoms with Crippen molar-refractivity contribution in [1.29, 1.82) is 0 Å². The molecule has 0 radical (unpaired) electrons. The first kappa shape index (κ1) is 37.1. The van der Waals surface area contributed by atoms with Crippen molar-refractivity contribution in [3.8, 4) is 44.6 Å². The first-order chi connectivity index (χ1) is 31.0. The van der Waals surface area contributed by atoms with Gasteiger partial charge in [-0.1, -0.05) is 190 Å². The highest BCUT2D eigenvalue weighted by molar-refractivity contribution is 6.15. The van der Waals surface area contributed by atoms with Gasteiger partial charge in [0.15, 0.2) is 0 Å². The number of hydrogen-bond donors (Lipinski definition) is 2. The van der Waals surface area contributed by atoms with Crippen LogP contribution in [0.3, 0.4) is 0 Å². The second kappa shape index (κ2) is 14.8. The van der Waals surface area contributed by atoms with Gasteiger partial charge in [0.2, 0.25) is 0 Å². The van der Waals surface area contributed by atoms with Crippen LogP contribution in [0.4, 0.5) is 0 Å². The average Bonchev–Trinajstić information content (AvgIpc) is 3.58. The van der Waals surface area contributed by atoms with Crippen molar-refractivity contribution >= 4 is 38.3 Å². The molecule has 0 saturated heterocycles. The van der Waals surface area contributed by atoms with E-state index in [1.807, 2.05) is 0 Å². The van der Waals surface area contributed by atoms with Crippen molar-refractivity contribution < 1.29 is 0 Å². The van der Waals surface area contributed by atoms with Crippen LogP contribution in [0.25, 0.3) is 77.1 Å². The molecule has 0 saturated carbocycles. The van der Waals surface area contributed by atoms with Gasteiger partial charge in [-0.15, -0.1) is 0 Å². The lowest BCUT2D eigenvalue weighted by Gasteiger charge is -2.32. The van der Waals surface area contributed by atoms with Crippen molar-refractivity contribution in [2.24, 2.45) is 4.99 Å². The monoisotopic (exact) mass is 808 g/mol. The predicted molar refractivity (Wildman–Crippen MR) is 262 cm³/mol. The van der Waals surface area contributed by atoms with Gasteiger partial charge >= 0.3 is 0 Å². The summed E-state index contributed by atoms with van der Waals surface area (Å²) in [5, 5.41) is 13.5. The zero-order valence-corrected chi connectivity index (χ0v) is 35.2. The summed E-state index contributed by atoms with van der Waals surface area (Å²) in [6, 6.07) is 74.6. The highest BCUT2D eigenvalue weighted by Gasteiger charge is 2.35. The minimum absolute atomic E-state index is 0.123. The zero-order valence-electron chi connectivity index (χ0n) is 35.2. The number of fused-ring (bicyclic) bond motifs is 7. The third kappa shape index (κ3) is 6.25. The SMILES string of the molecule is CC1(C)c2ccccc2-c2ccc(-c3cc(C4=NC(c5ccccc5)NC(c5ccccc5)N4)cc(-c4cccc5c(-c6nc7ccccc7c7ccccc67)cccc45)c3)cc21. The Kier molecular flexibility index (Phi) is 8.70. The van der Waals surface area contributed by atoms with Gasteiger partial charge in [-0.2, -0.15) is 0 Å². The van der Waals surface area contributed by atoms with Crippen LogP contribution in [0.5, 0.6) is 0 Å². The minimum Gasteiger partial charge on any atom is -0.350 e. The number of para-hydroxylation sites is 1. The number of nitrogens with one attached hydrogen (secondary N) is 2. The molecular weight excluding hydrogens is 765 g/mol. The van der Waals surface area contributed by atoms with Gasteiger partial charge in [-0.05, 0) is 102 Å². The summed E-state index contributed by atoms with van der Waals surface area (Å²) >= 11 is 0. The zero-order chi connectivity index (χ0) is 42.1. The molecule has 0 fully saturated rings. The summed E-state index contributed by atoms with van der Waals surface area (Å²) < 4.78 is 0. The Balaban J connectivity index is 1.07. The van der Waals surface area contributed by atoms with E-state index >= 15 is 0 Å². The summed E-state index contributed by atoms with van der Waals surface area (Å²) in [6.07, 6.45) is -0.400. The Morgan fingerprint density at radius 2 is 1.00 bits per heavy atom. The van der Waals surface area contributed by atoms with Crippen molar-refractivity contribution in [3.05, 3.63) is 234 Å². The molecule has 2 atom stereocenters. The topological polar surface area (TPSA) is 49.3 Å². The molecule has 2 N–H and O–H groups in total. The molecule has 63 heavy (non-hydrogen) atoms. The maximum Gasteiger partial charge on any atom is 0.131 e. The van der Waals surface area contributed by atoms with Gasteiger partial charge in [-0.3, -0.25) is 5.32 Å². The van der Waals surface area contributed by atoms with Crippen LogP contribution < -0.4 is 10.6 Å². The number of nitrogens with zero attached hydrogens (tertiary/aromatic N) is 2. The van der Waals surface area contributed by atoms with Crippen LogP contribution in [0.2, 0.25) is 0 Å². The molecule has 1 aromatic heterocycles. The molecule has 2 unspecified atom stereocenters. The summed E-state index contributed by atoms with van der Waals surface area (Å²) in [4.78, 5) is 10.8. The maximum absolute atomic E-state index is 5.43. The van der Waals surface area contributed by atoms with Crippen LogP contribution >= 0.6 is 0 Å². The normalized spacial score (nSPS) is 16.4. The van der Waals surface area contributed by atoms with Crippen molar-refractivity contribution in [1.82, 2.24) is 15.6 Å². The molecule has 10 aromatic rings. The van der Waals surface area contributed by atoms with Crippen LogP contribution in [0.15, 0.2) is 211 Å². The molecule has 0 spiro atoms. The summed E-state index contributed by atoms with van der Waals surface area (Å²) in [7, 11) is 0. The number of aliphatic imine (C=N–C) groups is 1. The second-order valence-electron chi connectivity index (χ2n) is 17.4. The molecular formula is C59H44N4. The molecule has 2 heterocycles. The molecule has 0 amide bonds. The highest BCUT2D eigenvalue weighted by Crippen LogP contribution is 2.50. The van der Waals surface area contributed by atoms with Crippen LogP contribution in [0, 0.1) is 0 Å². The number of benzene rings is 9. The van der Waals surface area contributed by atoms with E-state index in [2.05, 4.69) is 231 Å². The van der Waals surface area contributed by atoms with Gasteiger partial charge in [0, 0.05) is 27.3 Å². The average molecular weight is 809 g/mol. The fraction of sp³-hybridized carbons (Fsp3) is 0.0847. The van der Waals surface area contributed by atoms with Crippen LogP contribution in [0.1, 0.15) is 54.0 Å². The highest BCUT2D eigenvalue weighted by atomic mass is 15.3. The lowest BCUT2D eigenvalue weighted by molar-refractivity contribution is 0.409. The fourth-order valence-corrected chi connectivity index (χ4v) is 10.2. The Morgan fingerprint density at radius 1 is 0.413 bits per heavy atom. The molecule has 4 heteroatoms. The van der Waals surface area contributed by atoms with Crippen molar-refractivity contribution in [3.63, 3.8) is 0 Å². The minimum atomic E-state index is -0.247. The van der Waals surface area contributed by atoms with E-state index in [0.29, 0.717) is 0 Å². The van der Waals surface area contributed by atoms with E-state index in [-0.39, 0.29) is 17.7 Å². The van der Waals surface area contributed by atoms with Gasteiger partial charge < -0.3 is 5.32 Å². The first-order valence-corrected chi connectivity index (χ1v) is 21.9. The van der Waals surface area contributed by atoms with Gasteiger partial charge in [0.1, 0.15) is 18.2 Å². The van der Waals surface area contributed by atoms with E-state index in [1.54, 1.807) is 0 Å². The Bertz CT molecular complexity index is 3440. The maximum atomic E-state index is 5.43. The number of pyridine rings is 1. The largest absolute Gasteiger partial charge is 0.350 e. The quantitative estimate of drug-likeness (QED) is 0.165. The molecule has 1 aliphatic carbocycles. The molecule has 300 valence electrons. The number of aromatic nitrogens is 1. The standard InChI is InChI=1S/C59H44N4/c1-59(2)52-29-13-11-22-47(52)48-32-31-39(36-53(48)59)40-33-41(35-42(34-40)58-62-56(37-17-5-3-6-18-37)61-57(63-58)38-19-7-4-8-20-38)43-25-15-27-45-44(43)26-16-28-51(45)55-50-24-10-9-21-46(50)49-23-12-14-30-54(49)60-55/h3-36,56-57,61H,1-2H3,(H,62,63). The second-order valence-corrected chi connectivity index (χ2v) is 17.4. The van der Waals surface area contributed by atoms with Crippen molar-refractivity contribution in [2.45, 2.75) is 31.6 Å². The molecule has 1 aliphatic heterocycles. The molecule has 12 rings (SSSR count). The van der Waals surface area contributed by atoms with Crippen LogP contribution in [-0.2, 0) is 5.41 Å². The van der Waals surface area contributed by atoms with E-state index < -0.39 is 0 Å². The fourth-order valence-electron chi connectivity index (χ4n) is 10.2. The third-order valence-corrected chi connectivity index (χ3v) is 13.3. The van der Waals surface area contributed by atoms with E-state index in [4.69, 9.17) is 9.98 Å². The first-order valence-electron chi connectivity index (χ1n) is 21.9. The van der Waals surface area contributed by atoms with Gasteiger partial charge in [0.25, 0.3) is 0 Å². The lowest BCUT2D eigenvalue weighted by Crippen LogP contribution is -2.44.